The molecule has 0 fully saturated rings. The van der Waals surface area contributed by atoms with E-state index in [1.807, 2.05) is 24.5 Å². The average molecular weight is 215 g/mol. The van der Waals surface area contributed by atoms with Gasteiger partial charge in [-0.3, -0.25) is 0 Å². The fourth-order valence-corrected chi connectivity index (χ4v) is 1.61. The number of nitrogens with one attached hydrogen (secondary N) is 2. The first kappa shape index (κ1) is 10.8. The molecule has 1 aromatic heterocycles. The predicted octanol–water partition coefficient (Wildman–Crippen LogP) is 1.93. The molecule has 0 radical (unpaired) electrons. The van der Waals surface area contributed by atoms with Crippen LogP contribution in [0.25, 0.3) is 0 Å². The Kier molecular flexibility index (Phi) is 3.62. The number of H-pyrrole nitrogens is 1. The summed E-state index contributed by atoms with van der Waals surface area (Å²) >= 11 is 0. The van der Waals surface area contributed by atoms with Crippen LogP contribution in [0.1, 0.15) is 11.1 Å². The number of benzene rings is 1. The largest absolute Gasteiger partial charge is 0.399 e. The molecule has 0 unspecified atom stereocenters. The van der Waals surface area contributed by atoms with E-state index in [0.717, 1.165) is 25.2 Å². The maximum atomic E-state index is 5.62. The third kappa shape index (κ3) is 3.14. The number of aromatic amines is 1. The van der Waals surface area contributed by atoms with Crippen LogP contribution < -0.4 is 11.1 Å². The van der Waals surface area contributed by atoms with Crippen LogP contribution in [0.4, 0.5) is 5.69 Å². The van der Waals surface area contributed by atoms with E-state index in [1.165, 1.54) is 11.1 Å². The van der Waals surface area contributed by atoms with Gasteiger partial charge in [0.25, 0.3) is 0 Å². The zero-order valence-electron chi connectivity index (χ0n) is 9.24. The average Bonchev–Trinajstić information content (AvgIpc) is 2.80. The lowest BCUT2D eigenvalue weighted by atomic mass is 10.2. The standard InChI is InChI=1S/C13H17N3/c14-13-3-1-11(2-4-13)9-15-7-5-12-6-8-16-10-12/h1-4,6,8,10,15-16H,5,7,9,14H2. The smallest absolute Gasteiger partial charge is 0.0314 e. The molecule has 84 valence electrons. The van der Waals surface area contributed by atoms with Crippen LogP contribution in [0.3, 0.4) is 0 Å². The number of hydrogen-bond donors (Lipinski definition) is 3. The van der Waals surface area contributed by atoms with E-state index in [9.17, 15) is 0 Å². The third-order valence-corrected chi connectivity index (χ3v) is 2.56. The van der Waals surface area contributed by atoms with Crippen LogP contribution in [0.15, 0.2) is 42.7 Å². The van der Waals surface area contributed by atoms with E-state index < -0.39 is 0 Å². The highest BCUT2D eigenvalue weighted by Gasteiger charge is 1.94. The Balaban J connectivity index is 1.70. The molecule has 2 aromatic rings. The summed E-state index contributed by atoms with van der Waals surface area (Å²) in [4.78, 5) is 3.05. The lowest BCUT2D eigenvalue weighted by Gasteiger charge is -2.04. The van der Waals surface area contributed by atoms with Gasteiger partial charge in [0, 0.05) is 24.6 Å². The molecule has 0 aliphatic carbocycles. The Morgan fingerprint density at radius 2 is 1.88 bits per heavy atom. The van der Waals surface area contributed by atoms with Gasteiger partial charge in [0.1, 0.15) is 0 Å². The summed E-state index contributed by atoms with van der Waals surface area (Å²) in [7, 11) is 0. The van der Waals surface area contributed by atoms with Gasteiger partial charge in [-0.05, 0) is 42.3 Å². The third-order valence-electron chi connectivity index (χ3n) is 2.56. The Morgan fingerprint density at radius 3 is 2.56 bits per heavy atom. The van der Waals surface area contributed by atoms with E-state index in [-0.39, 0.29) is 0 Å². The molecule has 16 heavy (non-hydrogen) atoms. The molecule has 0 atom stereocenters. The molecular weight excluding hydrogens is 198 g/mol. The quantitative estimate of drug-likeness (QED) is 0.527. The summed E-state index contributed by atoms with van der Waals surface area (Å²) in [5.74, 6) is 0. The molecule has 0 spiro atoms. The van der Waals surface area contributed by atoms with Gasteiger partial charge >= 0.3 is 0 Å². The van der Waals surface area contributed by atoms with Gasteiger partial charge in [-0.15, -0.1) is 0 Å². The van der Waals surface area contributed by atoms with Crippen molar-refractivity contribution in [2.75, 3.05) is 12.3 Å². The molecule has 0 aliphatic rings. The van der Waals surface area contributed by atoms with Crippen LogP contribution in [0.2, 0.25) is 0 Å². The van der Waals surface area contributed by atoms with E-state index in [4.69, 9.17) is 5.73 Å². The van der Waals surface area contributed by atoms with Gasteiger partial charge in [-0.1, -0.05) is 12.1 Å². The lowest BCUT2D eigenvalue weighted by molar-refractivity contribution is 0.687. The van der Waals surface area contributed by atoms with Gasteiger partial charge in [0.15, 0.2) is 0 Å². The summed E-state index contributed by atoms with van der Waals surface area (Å²) in [5.41, 5.74) is 9.04. The van der Waals surface area contributed by atoms with Crippen molar-refractivity contribution in [2.24, 2.45) is 0 Å². The Labute approximate surface area is 95.7 Å². The minimum absolute atomic E-state index is 0.816. The van der Waals surface area contributed by atoms with Crippen molar-refractivity contribution in [1.29, 1.82) is 0 Å². The molecule has 3 nitrogen and oxygen atoms in total. The van der Waals surface area contributed by atoms with Crippen molar-refractivity contribution in [3.63, 3.8) is 0 Å². The van der Waals surface area contributed by atoms with Crippen molar-refractivity contribution in [1.82, 2.24) is 10.3 Å². The number of nitrogens with two attached hydrogens (primary N) is 1. The van der Waals surface area contributed by atoms with E-state index in [2.05, 4.69) is 28.5 Å². The van der Waals surface area contributed by atoms with Crippen LogP contribution in [-0.2, 0) is 13.0 Å². The lowest BCUT2D eigenvalue weighted by Crippen LogP contribution is -2.16. The van der Waals surface area contributed by atoms with Gasteiger partial charge in [0.2, 0.25) is 0 Å². The molecule has 2 rings (SSSR count). The zero-order chi connectivity index (χ0) is 11.2. The number of rotatable bonds is 5. The number of nitrogen functional groups attached to an aromatic ring is 1. The fraction of sp³-hybridized carbons (Fsp3) is 0.231. The van der Waals surface area contributed by atoms with Crippen LogP contribution in [-0.4, -0.2) is 11.5 Å². The second-order valence-corrected chi connectivity index (χ2v) is 3.89. The van der Waals surface area contributed by atoms with Crippen molar-refractivity contribution >= 4 is 5.69 Å². The first-order valence-corrected chi connectivity index (χ1v) is 5.51. The van der Waals surface area contributed by atoms with Crippen molar-refractivity contribution < 1.29 is 0 Å². The highest BCUT2D eigenvalue weighted by molar-refractivity contribution is 5.39. The Morgan fingerprint density at radius 1 is 1.06 bits per heavy atom. The van der Waals surface area contributed by atoms with E-state index >= 15 is 0 Å². The summed E-state index contributed by atoms with van der Waals surface area (Å²) in [6.07, 6.45) is 5.04. The summed E-state index contributed by atoms with van der Waals surface area (Å²) in [6.45, 7) is 1.88. The summed E-state index contributed by atoms with van der Waals surface area (Å²) in [6, 6.07) is 10.1. The highest BCUT2D eigenvalue weighted by Crippen LogP contribution is 2.04. The summed E-state index contributed by atoms with van der Waals surface area (Å²) in [5, 5.41) is 3.40. The SMILES string of the molecule is Nc1ccc(CNCCc2cc[nH]c2)cc1. The monoisotopic (exact) mass is 215 g/mol. The Hall–Kier alpha value is -1.74. The maximum absolute atomic E-state index is 5.62. The molecular formula is C13H17N3. The van der Waals surface area contributed by atoms with Gasteiger partial charge < -0.3 is 16.0 Å². The summed E-state index contributed by atoms with van der Waals surface area (Å²) < 4.78 is 0. The number of hydrogen-bond acceptors (Lipinski definition) is 2. The van der Waals surface area contributed by atoms with Crippen LogP contribution >= 0.6 is 0 Å². The van der Waals surface area contributed by atoms with Gasteiger partial charge in [-0.2, -0.15) is 0 Å². The molecule has 1 aromatic carbocycles. The van der Waals surface area contributed by atoms with Crippen LogP contribution in [0.5, 0.6) is 0 Å². The zero-order valence-corrected chi connectivity index (χ0v) is 9.24. The second kappa shape index (κ2) is 5.37. The van der Waals surface area contributed by atoms with Gasteiger partial charge in [-0.25, -0.2) is 0 Å². The topological polar surface area (TPSA) is 53.8 Å². The number of aromatic nitrogens is 1. The van der Waals surface area contributed by atoms with Crippen molar-refractivity contribution in [3.8, 4) is 0 Å². The molecule has 0 saturated carbocycles. The number of anilines is 1. The van der Waals surface area contributed by atoms with Gasteiger partial charge in [0.05, 0.1) is 0 Å². The molecule has 3 heteroatoms. The molecule has 0 saturated heterocycles. The molecule has 0 bridgehead atoms. The Bertz CT molecular complexity index is 403. The van der Waals surface area contributed by atoms with E-state index in [0.29, 0.717) is 0 Å². The first-order valence-electron chi connectivity index (χ1n) is 5.51. The maximum Gasteiger partial charge on any atom is 0.0314 e. The predicted molar refractivity (Wildman–Crippen MR) is 67.1 cm³/mol. The first-order chi connectivity index (χ1) is 7.84. The second-order valence-electron chi connectivity index (χ2n) is 3.89. The normalized spacial score (nSPS) is 10.5. The molecule has 0 amide bonds. The minimum atomic E-state index is 0.816. The molecule has 1 heterocycles. The van der Waals surface area contributed by atoms with E-state index in [1.54, 1.807) is 0 Å². The minimum Gasteiger partial charge on any atom is -0.399 e. The van der Waals surface area contributed by atoms with Crippen molar-refractivity contribution in [2.45, 2.75) is 13.0 Å². The highest BCUT2D eigenvalue weighted by atomic mass is 14.8. The van der Waals surface area contributed by atoms with Crippen molar-refractivity contribution in [3.05, 3.63) is 53.9 Å². The van der Waals surface area contributed by atoms with Crippen LogP contribution in [0, 0.1) is 0 Å². The fourth-order valence-electron chi connectivity index (χ4n) is 1.61. The molecule has 4 N–H and O–H groups in total. The molecule has 0 aliphatic heterocycles.